The number of ether oxygens (including phenoxy) is 1. The van der Waals surface area contributed by atoms with E-state index in [2.05, 4.69) is 5.10 Å². The molecule has 0 N–H and O–H groups in total. The van der Waals surface area contributed by atoms with Gasteiger partial charge in [0.15, 0.2) is 0 Å². The maximum Gasteiger partial charge on any atom is 0.248 e. The molecule has 0 saturated carbocycles. The highest BCUT2D eigenvalue weighted by Crippen LogP contribution is 2.28. The number of anilines is 1. The van der Waals surface area contributed by atoms with Crippen molar-refractivity contribution in [2.24, 2.45) is 0 Å². The van der Waals surface area contributed by atoms with Crippen molar-refractivity contribution in [2.75, 3.05) is 37.7 Å². The predicted molar refractivity (Wildman–Crippen MR) is 108 cm³/mol. The molecule has 1 fully saturated rings. The van der Waals surface area contributed by atoms with E-state index in [1.807, 2.05) is 24.3 Å². The number of hydrogen-bond acceptors (Lipinski definition) is 5. The van der Waals surface area contributed by atoms with Crippen LogP contribution in [-0.4, -0.2) is 61.3 Å². The maximum absolute atomic E-state index is 13.1. The lowest BCUT2D eigenvalue weighted by Crippen LogP contribution is -2.41. The zero-order valence-corrected chi connectivity index (χ0v) is 17.6. The van der Waals surface area contributed by atoms with Gasteiger partial charge in [-0.15, -0.1) is 0 Å². The molecule has 0 bridgehead atoms. The highest BCUT2D eigenvalue weighted by atomic mass is 32.2. The lowest BCUT2D eigenvalue weighted by atomic mass is 10.0. The average Bonchev–Trinajstić information content (AvgIpc) is 3.01. The van der Waals surface area contributed by atoms with Gasteiger partial charge in [-0.05, 0) is 38.3 Å². The Morgan fingerprint density at radius 2 is 1.86 bits per heavy atom. The number of carbonyl (C=O) groups excluding carboxylic acids is 1. The van der Waals surface area contributed by atoms with Crippen molar-refractivity contribution in [3.8, 4) is 0 Å². The summed E-state index contributed by atoms with van der Waals surface area (Å²) in [5, 5.41) is 4.39. The van der Waals surface area contributed by atoms with Crippen molar-refractivity contribution in [3.05, 3.63) is 41.2 Å². The molecule has 2 aliphatic rings. The van der Waals surface area contributed by atoms with E-state index in [-0.39, 0.29) is 17.3 Å². The van der Waals surface area contributed by atoms with E-state index in [4.69, 9.17) is 4.74 Å². The molecule has 1 saturated heterocycles. The van der Waals surface area contributed by atoms with Crippen LogP contribution in [-0.2, 0) is 32.5 Å². The Morgan fingerprint density at radius 3 is 2.62 bits per heavy atom. The number of fused-ring (bicyclic) bond motifs is 1. The summed E-state index contributed by atoms with van der Waals surface area (Å²) in [6.45, 7) is 5.50. The Bertz CT molecular complexity index is 1030. The molecule has 0 aliphatic carbocycles. The maximum atomic E-state index is 13.1. The molecule has 8 nitrogen and oxygen atoms in total. The fraction of sp³-hybridized carbons (Fsp3) is 0.500. The fourth-order valence-electron chi connectivity index (χ4n) is 4.13. The number of para-hydroxylation sites is 1. The highest BCUT2D eigenvalue weighted by molar-refractivity contribution is 7.89. The smallest absolute Gasteiger partial charge is 0.248 e. The monoisotopic (exact) mass is 418 g/mol. The quantitative estimate of drug-likeness (QED) is 0.751. The molecule has 156 valence electrons. The van der Waals surface area contributed by atoms with E-state index in [1.54, 1.807) is 18.7 Å². The number of amides is 1. The third-order valence-corrected chi connectivity index (χ3v) is 7.73. The minimum atomic E-state index is -3.67. The molecule has 1 aromatic carbocycles. The van der Waals surface area contributed by atoms with Crippen LogP contribution in [0.2, 0.25) is 0 Å². The summed E-state index contributed by atoms with van der Waals surface area (Å²) < 4.78 is 34.4. The van der Waals surface area contributed by atoms with Crippen molar-refractivity contribution in [1.29, 1.82) is 0 Å². The number of benzene rings is 1. The molecule has 3 heterocycles. The molecule has 2 aliphatic heterocycles. The molecule has 0 unspecified atom stereocenters. The topological polar surface area (TPSA) is 84.7 Å². The van der Waals surface area contributed by atoms with Gasteiger partial charge in [-0.3, -0.25) is 9.48 Å². The number of carbonyl (C=O) groups is 1. The van der Waals surface area contributed by atoms with Crippen molar-refractivity contribution in [3.63, 3.8) is 0 Å². The highest BCUT2D eigenvalue weighted by Gasteiger charge is 2.33. The standard InChI is InChI=1S/C20H26N4O4S/c1-15-20(29(26,27)22-10-12-28-13-11-22)16(2)24(21-15)14-19(25)23-9-5-7-17-6-3-4-8-18(17)23/h3-4,6,8H,5,7,9-14H2,1-2H3. The number of sulfonamides is 1. The van der Waals surface area contributed by atoms with Crippen molar-refractivity contribution < 1.29 is 17.9 Å². The first-order chi connectivity index (χ1) is 13.9. The molecule has 0 atom stereocenters. The minimum Gasteiger partial charge on any atom is -0.379 e. The Labute approximate surface area is 171 Å². The summed E-state index contributed by atoms with van der Waals surface area (Å²) in [6, 6.07) is 7.92. The summed E-state index contributed by atoms with van der Waals surface area (Å²) in [6.07, 6.45) is 1.87. The molecule has 2 aromatic rings. The molecule has 0 radical (unpaired) electrons. The van der Waals surface area contributed by atoms with Gasteiger partial charge in [0.05, 0.1) is 24.6 Å². The molecule has 1 aromatic heterocycles. The first kappa shape index (κ1) is 20.1. The molecule has 4 rings (SSSR count). The van der Waals surface area contributed by atoms with Crippen LogP contribution in [0.5, 0.6) is 0 Å². The van der Waals surface area contributed by atoms with Gasteiger partial charge in [0.2, 0.25) is 15.9 Å². The Morgan fingerprint density at radius 1 is 1.14 bits per heavy atom. The molecule has 1 amide bonds. The second-order valence-electron chi connectivity index (χ2n) is 7.45. The van der Waals surface area contributed by atoms with E-state index in [1.165, 1.54) is 8.99 Å². The number of rotatable bonds is 4. The van der Waals surface area contributed by atoms with Gasteiger partial charge in [-0.2, -0.15) is 9.40 Å². The summed E-state index contributed by atoms with van der Waals surface area (Å²) in [5.74, 6) is -0.0851. The number of aromatic nitrogens is 2. The van der Waals surface area contributed by atoms with Crippen molar-refractivity contribution >= 4 is 21.6 Å². The predicted octanol–water partition coefficient (Wildman–Crippen LogP) is 1.50. The normalized spacial score (nSPS) is 17.9. The number of hydrogen-bond donors (Lipinski definition) is 0. The first-order valence-electron chi connectivity index (χ1n) is 9.90. The first-order valence-corrected chi connectivity index (χ1v) is 11.3. The second-order valence-corrected chi connectivity index (χ2v) is 9.33. The minimum absolute atomic E-state index is 0.0135. The van der Waals surface area contributed by atoms with Gasteiger partial charge in [0.25, 0.3) is 0 Å². The summed E-state index contributed by atoms with van der Waals surface area (Å²) in [7, 11) is -3.67. The van der Waals surface area contributed by atoms with Gasteiger partial charge >= 0.3 is 0 Å². The van der Waals surface area contributed by atoms with Crippen LogP contribution in [0.4, 0.5) is 5.69 Å². The van der Waals surface area contributed by atoms with Crippen LogP contribution in [0.1, 0.15) is 23.4 Å². The Balaban J connectivity index is 1.60. The summed E-state index contributed by atoms with van der Waals surface area (Å²) in [5.41, 5.74) is 3.01. The van der Waals surface area contributed by atoms with E-state index < -0.39 is 10.0 Å². The van der Waals surface area contributed by atoms with Gasteiger partial charge in [-0.1, -0.05) is 18.2 Å². The van der Waals surface area contributed by atoms with E-state index in [0.29, 0.717) is 44.2 Å². The summed E-state index contributed by atoms with van der Waals surface area (Å²) >= 11 is 0. The van der Waals surface area contributed by atoms with Crippen LogP contribution in [0, 0.1) is 13.8 Å². The zero-order valence-electron chi connectivity index (χ0n) is 16.8. The SMILES string of the molecule is Cc1nn(CC(=O)N2CCCc3ccccc32)c(C)c1S(=O)(=O)N1CCOCC1. The van der Waals surface area contributed by atoms with Gasteiger partial charge in [0.1, 0.15) is 11.4 Å². The third kappa shape index (κ3) is 3.70. The molecule has 29 heavy (non-hydrogen) atoms. The van der Waals surface area contributed by atoms with Crippen molar-refractivity contribution in [1.82, 2.24) is 14.1 Å². The Hall–Kier alpha value is -2.23. The Kier molecular flexibility index (Phi) is 5.46. The lowest BCUT2D eigenvalue weighted by molar-refractivity contribution is -0.119. The average molecular weight is 419 g/mol. The molecule has 9 heteroatoms. The van der Waals surface area contributed by atoms with Gasteiger partial charge < -0.3 is 9.64 Å². The fourth-order valence-corrected chi connectivity index (χ4v) is 5.91. The van der Waals surface area contributed by atoms with Gasteiger partial charge in [0, 0.05) is 25.3 Å². The molecular weight excluding hydrogens is 392 g/mol. The van der Waals surface area contributed by atoms with Crippen LogP contribution < -0.4 is 4.90 Å². The zero-order chi connectivity index (χ0) is 20.6. The second kappa shape index (κ2) is 7.89. The lowest BCUT2D eigenvalue weighted by Gasteiger charge is -2.29. The molecular formula is C20H26N4O4S. The number of aryl methyl sites for hydroxylation is 2. The number of nitrogens with zero attached hydrogens (tertiary/aromatic N) is 4. The summed E-state index contributed by atoms with van der Waals surface area (Å²) in [4.78, 5) is 15.0. The van der Waals surface area contributed by atoms with E-state index in [0.717, 1.165) is 24.1 Å². The molecule has 0 spiro atoms. The van der Waals surface area contributed by atoms with Crippen LogP contribution >= 0.6 is 0 Å². The van der Waals surface area contributed by atoms with E-state index >= 15 is 0 Å². The van der Waals surface area contributed by atoms with E-state index in [9.17, 15) is 13.2 Å². The largest absolute Gasteiger partial charge is 0.379 e. The van der Waals surface area contributed by atoms with Crippen LogP contribution in [0.3, 0.4) is 0 Å². The van der Waals surface area contributed by atoms with Crippen molar-refractivity contribution in [2.45, 2.75) is 38.1 Å². The third-order valence-electron chi connectivity index (χ3n) is 5.58. The van der Waals surface area contributed by atoms with Gasteiger partial charge in [-0.25, -0.2) is 8.42 Å². The van der Waals surface area contributed by atoms with Crippen LogP contribution in [0.25, 0.3) is 0 Å². The van der Waals surface area contributed by atoms with Crippen LogP contribution in [0.15, 0.2) is 29.2 Å². The number of morpholine rings is 1.